The molecule has 0 saturated carbocycles. The van der Waals surface area contributed by atoms with Crippen LogP contribution in [0.25, 0.3) is 0 Å². The third-order valence-electron chi connectivity index (χ3n) is 1.93. The Balaban J connectivity index is 2.39. The van der Waals surface area contributed by atoms with Gasteiger partial charge in [-0.3, -0.25) is 0 Å². The topological polar surface area (TPSA) is 12.0 Å². The van der Waals surface area contributed by atoms with E-state index < -0.39 is 0 Å². The molecule has 0 atom stereocenters. The third-order valence-corrected chi connectivity index (χ3v) is 2.70. The van der Waals surface area contributed by atoms with Gasteiger partial charge in [0.15, 0.2) is 0 Å². The summed E-state index contributed by atoms with van der Waals surface area (Å²) in [6.45, 7) is 6.06. The Bertz CT molecular complexity index is 314. The molecule has 0 unspecified atom stereocenters. The number of rotatable bonds is 4. The van der Waals surface area contributed by atoms with Crippen molar-refractivity contribution in [2.75, 3.05) is 6.54 Å². The van der Waals surface area contributed by atoms with Crippen LogP contribution in [0.2, 0.25) is 0 Å². The van der Waals surface area contributed by atoms with E-state index in [-0.39, 0.29) is 0 Å². The van der Waals surface area contributed by atoms with Gasteiger partial charge >= 0.3 is 0 Å². The SMILES string of the molecule is CC(C)=CCNCc1ccccc1Br. The van der Waals surface area contributed by atoms with Crippen LogP contribution in [0.15, 0.2) is 40.4 Å². The zero-order chi connectivity index (χ0) is 10.4. The molecule has 0 heterocycles. The number of benzene rings is 1. The van der Waals surface area contributed by atoms with E-state index in [2.05, 4.69) is 59.4 Å². The standard InChI is InChI=1S/C12H16BrN/c1-10(2)7-8-14-9-11-5-3-4-6-12(11)13/h3-7,14H,8-9H2,1-2H3. The lowest BCUT2D eigenvalue weighted by Gasteiger charge is -2.04. The van der Waals surface area contributed by atoms with E-state index in [1.54, 1.807) is 0 Å². The van der Waals surface area contributed by atoms with Crippen LogP contribution in [-0.4, -0.2) is 6.54 Å². The summed E-state index contributed by atoms with van der Waals surface area (Å²) >= 11 is 3.52. The monoisotopic (exact) mass is 253 g/mol. The minimum absolute atomic E-state index is 0.908. The molecule has 1 nitrogen and oxygen atoms in total. The van der Waals surface area contributed by atoms with Gasteiger partial charge in [0.25, 0.3) is 0 Å². The first-order valence-corrected chi connectivity index (χ1v) is 5.57. The highest BCUT2D eigenvalue weighted by Gasteiger charge is 1.95. The second-order valence-electron chi connectivity index (χ2n) is 3.50. The molecule has 0 aliphatic heterocycles. The van der Waals surface area contributed by atoms with Gasteiger partial charge < -0.3 is 5.32 Å². The van der Waals surface area contributed by atoms with Crippen LogP contribution >= 0.6 is 15.9 Å². The van der Waals surface area contributed by atoms with Gasteiger partial charge in [-0.15, -0.1) is 0 Å². The van der Waals surface area contributed by atoms with Gasteiger partial charge in [-0.05, 0) is 25.5 Å². The van der Waals surface area contributed by atoms with Crippen molar-refractivity contribution in [3.8, 4) is 0 Å². The first-order chi connectivity index (χ1) is 6.70. The highest BCUT2D eigenvalue weighted by atomic mass is 79.9. The lowest BCUT2D eigenvalue weighted by atomic mass is 10.2. The van der Waals surface area contributed by atoms with Crippen molar-refractivity contribution in [2.24, 2.45) is 0 Å². The van der Waals surface area contributed by atoms with Gasteiger partial charge in [-0.2, -0.15) is 0 Å². The van der Waals surface area contributed by atoms with Gasteiger partial charge in [0.05, 0.1) is 0 Å². The van der Waals surface area contributed by atoms with Crippen molar-refractivity contribution >= 4 is 15.9 Å². The lowest BCUT2D eigenvalue weighted by Crippen LogP contribution is -2.13. The Morgan fingerprint density at radius 1 is 1.36 bits per heavy atom. The highest BCUT2D eigenvalue weighted by molar-refractivity contribution is 9.10. The Labute approximate surface area is 94.3 Å². The fourth-order valence-electron chi connectivity index (χ4n) is 1.12. The average Bonchev–Trinajstić information content (AvgIpc) is 2.15. The third kappa shape index (κ3) is 4.07. The van der Waals surface area contributed by atoms with Crippen LogP contribution < -0.4 is 5.32 Å². The van der Waals surface area contributed by atoms with Gasteiger partial charge in [0.2, 0.25) is 0 Å². The predicted octanol–water partition coefficient (Wildman–Crippen LogP) is 3.50. The van der Waals surface area contributed by atoms with E-state index in [0.29, 0.717) is 0 Å². The van der Waals surface area contributed by atoms with Crippen molar-refractivity contribution in [1.82, 2.24) is 5.32 Å². The van der Waals surface area contributed by atoms with Crippen LogP contribution in [0.3, 0.4) is 0 Å². The molecule has 1 N–H and O–H groups in total. The van der Waals surface area contributed by atoms with E-state index in [1.807, 2.05) is 6.07 Å². The van der Waals surface area contributed by atoms with Crippen molar-refractivity contribution in [1.29, 1.82) is 0 Å². The molecule has 1 aromatic rings. The first-order valence-electron chi connectivity index (χ1n) is 4.77. The molecule has 0 amide bonds. The van der Waals surface area contributed by atoms with Gasteiger partial charge in [-0.1, -0.05) is 45.8 Å². The maximum atomic E-state index is 3.52. The van der Waals surface area contributed by atoms with E-state index in [1.165, 1.54) is 15.6 Å². The normalized spacial score (nSPS) is 9.93. The van der Waals surface area contributed by atoms with Crippen LogP contribution in [-0.2, 0) is 6.54 Å². The molecular formula is C12H16BrN. The number of hydrogen-bond acceptors (Lipinski definition) is 1. The van der Waals surface area contributed by atoms with E-state index in [9.17, 15) is 0 Å². The van der Waals surface area contributed by atoms with Gasteiger partial charge in [0, 0.05) is 17.6 Å². The lowest BCUT2D eigenvalue weighted by molar-refractivity contribution is 0.754. The molecule has 0 aliphatic rings. The van der Waals surface area contributed by atoms with Crippen LogP contribution in [0.1, 0.15) is 19.4 Å². The van der Waals surface area contributed by atoms with Crippen LogP contribution in [0.4, 0.5) is 0 Å². The Hall–Kier alpha value is -0.600. The van der Waals surface area contributed by atoms with Crippen LogP contribution in [0.5, 0.6) is 0 Å². The number of nitrogens with one attached hydrogen (secondary N) is 1. The quantitative estimate of drug-likeness (QED) is 0.640. The first kappa shape index (κ1) is 11.5. The van der Waals surface area contributed by atoms with Gasteiger partial charge in [-0.25, -0.2) is 0 Å². The highest BCUT2D eigenvalue weighted by Crippen LogP contribution is 2.15. The zero-order valence-electron chi connectivity index (χ0n) is 8.68. The van der Waals surface area contributed by atoms with Crippen molar-refractivity contribution in [2.45, 2.75) is 20.4 Å². The fraction of sp³-hybridized carbons (Fsp3) is 0.333. The summed E-state index contributed by atoms with van der Waals surface area (Å²) < 4.78 is 1.17. The molecule has 0 bridgehead atoms. The molecule has 0 fully saturated rings. The number of halogens is 1. The second-order valence-corrected chi connectivity index (χ2v) is 4.36. The molecule has 2 heteroatoms. The van der Waals surface area contributed by atoms with E-state index >= 15 is 0 Å². The molecule has 1 aromatic carbocycles. The predicted molar refractivity (Wildman–Crippen MR) is 65.3 cm³/mol. The van der Waals surface area contributed by atoms with Crippen molar-refractivity contribution in [3.63, 3.8) is 0 Å². The largest absolute Gasteiger partial charge is 0.309 e. The summed E-state index contributed by atoms with van der Waals surface area (Å²) in [4.78, 5) is 0. The van der Waals surface area contributed by atoms with E-state index in [4.69, 9.17) is 0 Å². The summed E-state index contributed by atoms with van der Waals surface area (Å²) in [6.07, 6.45) is 2.19. The van der Waals surface area contributed by atoms with Crippen molar-refractivity contribution < 1.29 is 0 Å². The molecule has 0 spiro atoms. The molecule has 0 aromatic heterocycles. The van der Waals surface area contributed by atoms with Crippen LogP contribution in [0, 0.1) is 0 Å². The molecule has 0 radical (unpaired) electrons. The van der Waals surface area contributed by atoms with E-state index in [0.717, 1.165) is 13.1 Å². The minimum atomic E-state index is 0.908. The van der Waals surface area contributed by atoms with Gasteiger partial charge in [0.1, 0.15) is 0 Å². The summed E-state index contributed by atoms with van der Waals surface area (Å²) in [7, 11) is 0. The molecule has 1 rings (SSSR count). The summed E-state index contributed by atoms with van der Waals surface area (Å²) in [5.41, 5.74) is 2.65. The molecule has 0 saturated heterocycles. The molecule has 14 heavy (non-hydrogen) atoms. The second kappa shape index (κ2) is 5.99. The fourth-order valence-corrected chi connectivity index (χ4v) is 1.55. The Kier molecular flexibility index (Phi) is 4.91. The smallest absolute Gasteiger partial charge is 0.0220 e. The number of allylic oxidation sites excluding steroid dienone is 1. The average molecular weight is 254 g/mol. The summed E-state index contributed by atoms with van der Waals surface area (Å²) in [5.74, 6) is 0. The maximum absolute atomic E-state index is 3.52. The molecule has 0 aliphatic carbocycles. The summed E-state index contributed by atoms with van der Waals surface area (Å²) in [6, 6.07) is 8.28. The molecular weight excluding hydrogens is 238 g/mol. The van der Waals surface area contributed by atoms with Crippen molar-refractivity contribution in [3.05, 3.63) is 46.0 Å². The number of hydrogen-bond donors (Lipinski definition) is 1. The Morgan fingerprint density at radius 3 is 2.71 bits per heavy atom. The summed E-state index contributed by atoms with van der Waals surface area (Å²) in [5, 5.41) is 3.37. The minimum Gasteiger partial charge on any atom is -0.309 e. The Morgan fingerprint density at radius 2 is 2.07 bits per heavy atom. The molecule has 76 valence electrons. The zero-order valence-corrected chi connectivity index (χ0v) is 10.3. The maximum Gasteiger partial charge on any atom is 0.0220 e.